The molecule has 0 amide bonds. The first kappa shape index (κ1) is 23.8. The quantitative estimate of drug-likeness (QED) is 0.308. The van der Waals surface area contributed by atoms with Crippen LogP contribution in [0.4, 0.5) is 0 Å². The van der Waals surface area contributed by atoms with Gasteiger partial charge < -0.3 is 14.9 Å². The second kappa shape index (κ2) is 12.3. The molecule has 2 saturated carbocycles. The van der Waals surface area contributed by atoms with Crippen molar-refractivity contribution in [1.29, 1.82) is 0 Å². The highest BCUT2D eigenvalue weighted by Gasteiger charge is 2.39. The Bertz CT molecular complexity index is 582. The first-order valence-corrected chi connectivity index (χ1v) is 11.2. The summed E-state index contributed by atoms with van der Waals surface area (Å²) in [4.78, 5) is 23.4. The van der Waals surface area contributed by atoms with Crippen LogP contribution < -0.4 is 0 Å². The summed E-state index contributed by atoms with van der Waals surface area (Å²) in [5.41, 5.74) is 0. The molecule has 0 bridgehead atoms. The van der Waals surface area contributed by atoms with Crippen molar-refractivity contribution in [2.24, 2.45) is 23.7 Å². The molecule has 2 unspecified atom stereocenters. The van der Waals surface area contributed by atoms with Crippen molar-refractivity contribution >= 4 is 11.8 Å². The molecule has 2 N–H and O–H groups in total. The van der Waals surface area contributed by atoms with Crippen LogP contribution in [0.15, 0.2) is 24.3 Å². The number of aliphatic hydroxyl groups is 2. The van der Waals surface area contributed by atoms with Gasteiger partial charge in [0.2, 0.25) is 0 Å². The van der Waals surface area contributed by atoms with Gasteiger partial charge in [-0.25, -0.2) is 0 Å². The van der Waals surface area contributed by atoms with E-state index in [0.29, 0.717) is 18.8 Å². The van der Waals surface area contributed by atoms with Gasteiger partial charge in [-0.05, 0) is 43.9 Å². The maximum Gasteiger partial charge on any atom is 0.305 e. The highest BCUT2D eigenvalue weighted by molar-refractivity contribution is 5.84. The van der Waals surface area contributed by atoms with Gasteiger partial charge in [0.1, 0.15) is 5.78 Å². The number of hydrogen-bond acceptors (Lipinski definition) is 5. The van der Waals surface area contributed by atoms with Gasteiger partial charge >= 0.3 is 5.97 Å². The van der Waals surface area contributed by atoms with Gasteiger partial charge in [-0.2, -0.15) is 0 Å². The van der Waals surface area contributed by atoms with Gasteiger partial charge in [-0.1, -0.05) is 50.5 Å². The van der Waals surface area contributed by atoms with Crippen molar-refractivity contribution in [2.75, 3.05) is 7.11 Å². The Kier molecular flexibility index (Phi) is 10.1. The molecule has 0 aliphatic heterocycles. The molecule has 0 aromatic rings. The molecule has 6 atom stereocenters. The van der Waals surface area contributed by atoms with E-state index in [4.69, 9.17) is 0 Å². The number of Topliss-reactive ketones (excluding diaryl/α,β-unsaturated/α-hetero) is 1. The molecule has 2 fully saturated rings. The number of hydrogen-bond donors (Lipinski definition) is 2. The van der Waals surface area contributed by atoms with Crippen molar-refractivity contribution in [3.8, 4) is 0 Å². The van der Waals surface area contributed by atoms with Crippen LogP contribution in [0.3, 0.4) is 0 Å². The number of unbranched alkanes of at least 4 members (excludes halogenated alkanes) is 1. The average Bonchev–Trinajstić information content (AvgIpc) is 3.27. The van der Waals surface area contributed by atoms with Crippen LogP contribution in [0.1, 0.15) is 71.1 Å². The minimum absolute atomic E-state index is 0.0877. The molecule has 0 spiro atoms. The Morgan fingerprint density at radius 1 is 1.31 bits per heavy atom. The number of carbonyl (C=O) groups excluding carboxylic acids is 2. The summed E-state index contributed by atoms with van der Waals surface area (Å²) in [7, 11) is 1.38. The second-order valence-corrected chi connectivity index (χ2v) is 8.70. The molecular weight excluding hydrogens is 368 g/mol. The smallest absolute Gasteiger partial charge is 0.305 e. The van der Waals surface area contributed by atoms with E-state index in [-0.39, 0.29) is 30.0 Å². The molecule has 164 valence electrons. The molecule has 0 aromatic carbocycles. The van der Waals surface area contributed by atoms with Crippen LogP contribution in [0.2, 0.25) is 0 Å². The Balaban J connectivity index is 1.83. The van der Waals surface area contributed by atoms with Gasteiger partial charge in [-0.3, -0.25) is 9.59 Å². The monoisotopic (exact) mass is 406 g/mol. The molecule has 5 nitrogen and oxygen atoms in total. The minimum atomic E-state index is -0.667. The Labute approximate surface area is 175 Å². The summed E-state index contributed by atoms with van der Waals surface area (Å²) in [5, 5.41) is 20.9. The van der Waals surface area contributed by atoms with E-state index >= 15 is 0 Å². The Morgan fingerprint density at radius 2 is 2.10 bits per heavy atom. The van der Waals surface area contributed by atoms with Crippen molar-refractivity contribution in [1.82, 2.24) is 0 Å². The Morgan fingerprint density at radius 3 is 2.83 bits per heavy atom. The summed E-state index contributed by atoms with van der Waals surface area (Å²) < 4.78 is 4.62. The predicted octanol–water partition coefficient (Wildman–Crippen LogP) is 3.98. The largest absolute Gasteiger partial charge is 0.469 e. The van der Waals surface area contributed by atoms with Crippen LogP contribution in [0.25, 0.3) is 0 Å². The summed E-state index contributed by atoms with van der Waals surface area (Å²) in [5.74, 6) is 0.435. The standard InChI is InChI=1S/C24H38O5/c1-3-8-17-11-12-18(15-17)21(25)14-13-20-19(22(26)16-23(20)27)9-6-4-5-7-10-24(28)29-2/h4,6,13-14,17-21,23,25,27H,3,5,7-12,15-16H2,1-2H3/b6-4-,14-13+/t17?,18?,19-,20-,21-,23-/m1/s1. The number of ketones is 1. The van der Waals surface area contributed by atoms with Gasteiger partial charge in [0.25, 0.3) is 0 Å². The summed E-state index contributed by atoms with van der Waals surface area (Å²) >= 11 is 0. The lowest BCUT2D eigenvalue weighted by Gasteiger charge is -2.19. The number of methoxy groups -OCH3 is 1. The summed E-state index contributed by atoms with van der Waals surface area (Å²) in [6.45, 7) is 2.20. The van der Waals surface area contributed by atoms with E-state index < -0.39 is 12.2 Å². The van der Waals surface area contributed by atoms with Gasteiger partial charge in [-0.15, -0.1) is 0 Å². The normalized spacial score (nSPS) is 31.2. The number of aliphatic hydroxyl groups excluding tert-OH is 2. The van der Waals surface area contributed by atoms with Crippen molar-refractivity contribution in [3.05, 3.63) is 24.3 Å². The molecule has 2 rings (SSSR count). The number of carbonyl (C=O) groups is 2. The zero-order valence-electron chi connectivity index (χ0n) is 18.0. The molecule has 29 heavy (non-hydrogen) atoms. The molecule has 0 heterocycles. The third kappa shape index (κ3) is 7.38. The maximum atomic E-state index is 12.3. The zero-order valence-corrected chi connectivity index (χ0v) is 18.0. The van der Waals surface area contributed by atoms with Crippen LogP contribution in [-0.2, 0) is 14.3 Å². The fourth-order valence-corrected chi connectivity index (χ4v) is 4.85. The van der Waals surface area contributed by atoms with E-state index in [9.17, 15) is 19.8 Å². The van der Waals surface area contributed by atoms with E-state index in [1.54, 1.807) is 0 Å². The van der Waals surface area contributed by atoms with Crippen LogP contribution in [0, 0.1) is 23.7 Å². The zero-order chi connectivity index (χ0) is 21.2. The van der Waals surface area contributed by atoms with Crippen LogP contribution in [-0.4, -0.2) is 41.3 Å². The predicted molar refractivity (Wildman–Crippen MR) is 113 cm³/mol. The Hall–Kier alpha value is -1.46. The summed E-state index contributed by atoms with van der Waals surface area (Å²) in [6.07, 6.45) is 14.9. The average molecular weight is 407 g/mol. The van der Waals surface area contributed by atoms with Crippen molar-refractivity contribution in [2.45, 2.75) is 83.3 Å². The molecule has 5 heteroatoms. The molecule has 2 aliphatic rings. The second-order valence-electron chi connectivity index (χ2n) is 8.70. The maximum absolute atomic E-state index is 12.3. The lowest BCUT2D eigenvalue weighted by molar-refractivity contribution is -0.140. The fraction of sp³-hybridized carbons (Fsp3) is 0.750. The van der Waals surface area contributed by atoms with Gasteiger partial charge in [0, 0.05) is 24.7 Å². The fourth-order valence-electron chi connectivity index (χ4n) is 4.85. The molecule has 0 radical (unpaired) electrons. The third-order valence-electron chi connectivity index (χ3n) is 6.56. The topological polar surface area (TPSA) is 83.8 Å². The SMILES string of the molecule is CCCC1CCC([C@H](O)/C=C/[C@H]2[C@H](O)CC(=O)[C@@H]2C/C=C\CCCC(=O)OC)C1. The third-order valence-corrected chi connectivity index (χ3v) is 6.56. The van der Waals surface area contributed by atoms with E-state index in [2.05, 4.69) is 11.7 Å². The van der Waals surface area contributed by atoms with Crippen LogP contribution in [0.5, 0.6) is 0 Å². The first-order valence-electron chi connectivity index (χ1n) is 11.2. The number of ether oxygens (including phenoxy) is 1. The highest BCUT2D eigenvalue weighted by Crippen LogP contribution is 2.37. The number of allylic oxidation sites excluding steroid dienone is 2. The minimum Gasteiger partial charge on any atom is -0.469 e. The van der Waals surface area contributed by atoms with Gasteiger partial charge in [0.05, 0.1) is 19.3 Å². The number of esters is 1. The van der Waals surface area contributed by atoms with Crippen LogP contribution >= 0.6 is 0 Å². The lowest BCUT2D eigenvalue weighted by Crippen LogP contribution is -2.20. The molecular formula is C24H38O5. The van der Waals surface area contributed by atoms with Gasteiger partial charge in [0.15, 0.2) is 0 Å². The first-order chi connectivity index (χ1) is 14.0. The van der Waals surface area contributed by atoms with E-state index in [1.807, 2.05) is 24.3 Å². The summed E-state index contributed by atoms with van der Waals surface area (Å²) in [6, 6.07) is 0. The molecule has 0 aromatic heterocycles. The lowest BCUT2D eigenvalue weighted by atomic mass is 9.89. The number of rotatable bonds is 11. The molecule has 0 saturated heterocycles. The molecule has 2 aliphatic carbocycles. The van der Waals surface area contributed by atoms with Crippen molar-refractivity contribution in [3.63, 3.8) is 0 Å². The van der Waals surface area contributed by atoms with Crippen molar-refractivity contribution < 1.29 is 24.5 Å². The highest BCUT2D eigenvalue weighted by atomic mass is 16.5. The van der Waals surface area contributed by atoms with E-state index in [0.717, 1.165) is 31.6 Å². The van der Waals surface area contributed by atoms with E-state index in [1.165, 1.54) is 26.4 Å².